The molecule has 2 aromatic heterocycles. The molecule has 0 fully saturated rings. The number of nitrogens with two attached hydrogens (primary N) is 1. The maximum atomic E-state index is 13.1. The van der Waals surface area contributed by atoms with Gasteiger partial charge in [-0.05, 0) is 30.3 Å². The molecule has 4 aromatic rings. The summed E-state index contributed by atoms with van der Waals surface area (Å²) in [5, 5.41) is 3.14. The molecule has 0 aliphatic rings. The van der Waals surface area contributed by atoms with Crippen LogP contribution in [0.5, 0.6) is 11.5 Å². The van der Waals surface area contributed by atoms with E-state index in [-0.39, 0.29) is 22.2 Å². The van der Waals surface area contributed by atoms with Gasteiger partial charge in [-0.15, -0.1) is 0 Å². The topological polar surface area (TPSA) is 129 Å². The maximum absolute atomic E-state index is 13.1. The molecule has 9 nitrogen and oxygen atoms in total. The summed E-state index contributed by atoms with van der Waals surface area (Å²) in [6, 6.07) is 14.8. The van der Waals surface area contributed by atoms with Crippen LogP contribution in [0, 0.1) is 0 Å². The molecule has 164 valence electrons. The van der Waals surface area contributed by atoms with E-state index in [9.17, 15) is 8.42 Å². The molecule has 0 radical (unpaired) electrons. The van der Waals surface area contributed by atoms with Crippen molar-refractivity contribution in [2.75, 3.05) is 25.3 Å². The monoisotopic (exact) mass is 451 g/mol. The van der Waals surface area contributed by atoms with Gasteiger partial charge in [0.15, 0.2) is 21.3 Å². The summed E-state index contributed by atoms with van der Waals surface area (Å²) in [5.74, 6) is 1.01. The van der Waals surface area contributed by atoms with Gasteiger partial charge in [-0.1, -0.05) is 6.07 Å². The van der Waals surface area contributed by atoms with Gasteiger partial charge in [-0.3, -0.25) is 0 Å². The number of nitrogen functional groups attached to an aromatic ring is 1. The van der Waals surface area contributed by atoms with Crippen molar-refractivity contribution in [2.24, 2.45) is 0 Å². The number of nitrogens with one attached hydrogen (secondary N) is 1. The molecule has 0 saturated carbocycles. The average molecular weight is 452 g/mol. The highest BCUT2D eigenvalue weighted by Gasteiger charge is 2.21. The first-order valence-corrected chi connectivity index (χ1v) is 11.2. The summed E-state index contributed by atoms with van der Waals surface area (Å²) >= 11 is 0. The van der Waals surface area contributed by atoms with Crippen molar-refractivity contribution in [1.82, 2.24) is 15.0 Å². The third-order valence-corrected chi connectivity index (χ3v) is 6.30. The minimum atomic E-state index is -3.74. The predicted molar refractivity (Wildman–Crippen MR) is 122 cm³/mol. The number of rotatable bonds is 7. The number of pyridine rings is 1. The van der Waals surface area contributed by atoms with E-state index in [1.54, 1.807) is 62.9 Å². The largest absolute Gasteiger partial charge is 0.497 e. The molecule has 0 saturated heterocycles. The molecule has 2 heterocycles. The molecule has 4 rings (SSSR count). The Balaban J connectivity index is 1.79. The first kappa shape index (κ1) is 21.3. The van der Waals surface area contributed by atoms with E-state index in [0.717, 1.165) is 0 Å². The van der Waals surface area contributed by atoms with Gasteiger partial charge in [0, 0.05) is 35.8 Å². The normalized spacial score (nSPS) is 11.3. The molecule has 0 aliphatic heterocycles. The quantitative estimate of drug-likeness (QED) is 0.406. The summed E-state index contributed by atoms with van der Waals surface area (Å²) < 4.78 is 36.8. The Bertz CT molecular complexity index is 1370. The third kappa shape index (κ3) is 4.54. The number of fused-ring (bicyclic) bond motifs is 1. The first-order chi connectivity index (χ1) is 15.4. The molecule has 2 aromatic carbocycles. The number of methoxy groups -OCH3 is 2. The van der Waals surface area contributed by atoms with E-state index >= 15 is 0 Å². The number of benzene rings is 2. The SMILES string of the molecule is COc1cc(Nc2nc3ncccc3nc2CS(=O)(=O)c2cccc(N)c2)cc(OC)c1. The van der Waals surface area contributed by atoms with Crippen molar-refractivity contribution in [3.63, 3.8) is 0 Å². The van der Waals surface area contributed by atoms with Crippen LogP contribution in [-0.2, 0) is 15.6 Å². The van der Waals surface area contributed by atoms with E-state index in [0.29, 0.717) is 34.0 Å². The van der Waals surface area contributed by atoms with Gasteiger partial charge in [0.05, 0.1) is 24.8 Å². The number of hydrogen-bond acceptors (Lipinski definition) is 9. The van der Waals surface area contributed by atoms with Gasteiger partial charge in [-0.2, -0.15) is 0 Å². The zero-order chi connectivity index (χ0) is 22.7. The highest BCUT2D eigenvalue weighted by atomic mass is 32.2. The molecular formula is C22H21N5O4S. The lowest BCUT2D eigenvalue weighted by atomic mass is 10.2. The Morgan fingerprint density at radius 3 is 2.41 bits per heavy atom. The van der Waals surface area contributed by atoms with Crippen LogP contribution >= 0.6 is 0 Å². The zero-order valence-electron chi connectivity index (χ0n) is 17.4. The van der Waals surface area contributed by atoms with Crippen LogP contribution in [0.2, 0.25) is 0 Å². The van der Waals surface area contributed by atoms with Crippen LogP contribution in [0.25, 0.3) is 11.2 Å². The van der Waals surface area contributed by atoms with Gasteiger partial charge in [-0.25, -0.2) is 23.4 Å². The van der Waals surface area contributed by atoms with Crippen LogP contribution in [0.3, 0.4) is 0 Å². The van der Waals surface area contributed by atoms with Crippen LogP contribution < -0.4 is 20.5 Å². The van der Waals surface area contributed by atoms with Gasteiger partial charge >= 0.3 is 0 Å². The van der Waals surface area contributed by atoms with Gasteiger partial charge in [0.25, 0.3) is 0 Å². The summed E-state index contributed by atoms with van der Waals surface area (Å²) in [7, 11) is -0.650. The summed E-state index contributed by atoms with van der Waals surface area (Å²) in [6.45, 7) is 0. The van der Waals surface area contributed by atoms with Crippen molar-refractivity contribution in [3.05, 3.63) is 66.5 Å². The average Bonchev–Trinajstić information content (AvgIpc) is 2.79. The molecule has 0 unspecified atom stereocenters. The van der Waals surface area contributed by atoms with Crippen molar-refractivity contribution in [1.29, 1.82) is 0 Å². The fraction of sp³-hybridized carbons (Fsp3) is 0.136. The van der Waals surface area contributed by atoms with E-state index in [4.69, 9.17) is 15.2 Å². The lowest BCUT2D eigenvalue weighted by Crippen LogP contribution is -2.11. The summed E-state index contributed by atoms with van der Waals surface area (Å²) in [6.07, 6.45) is 1.60. The fourth-order valence-electron chi connectivity index (χ4n) is 3.12. The minimum absolute atomic E-state index is 0.111. The molecule has 10 heteroatoms. The van der Waals surface area contributed by atoms with Gasteiger partial charge in [0.2, 0.25) is 0 Å². The molecule has 0 amide bonds. The number of aromatic nitrogens is 3. The Labute approximate surface area is 185 Å². The van der Waals surface area contributed by atoms with Crippen molar-refractivity contribution in [2.45, 2.75) is 10.6 Å². The van der Waals surface area contributed by atoms with Gasteiger partial charge in [0.1, 0.15) is 22.8 Å². The van der Waals surface area contributed by atoms with Crippen molar-refractivity contribution >= 4 is 38.2 Å². The lowest BCUT2D eigenvalue weighted by molar-refractivity contribution is 0.395. The molecule has 0 spiro atoms. The molecule has 0 atom stereocenters. The second-order valence-corrected chi connectivity index (χ2v) is 8.91. The Hall–Kier alpha value is -3.92. The second kappa shape index (κ2) is 8.67. The van der Waals surface area contributed by atoms with Gasteiger partial charge < -0.3 is 20.5 Å². The third-order valence-electron chi connectivity index (χ3n) is 4.67. The standard InChI is InChI=1S/C22H21N5O4S/c1-30-16-10-15(11-17(12-16)31-2)25-22-20(26-19-7-4-8-24-21(19)27-22)13-32(28,29)18-6-3-5-14(23)9-18/h3-12H,13,23H2,1-2H3,(H,24,25,27). The zero-order valence-corrected chi connectivity index (χ0v) is 18.3. The Kier molecular flexibility index (Phi) is 5.78. The lowest BCUT2D eigenvalue weighted by Gasteiger charge is -2.14. The highest BCUT2D eigenvalue weighted by molar-refractivity contribution is 7.90. The van der Waals surface area contributed by atoms with Crippen molar-refractivity contribution < 1.29 is 17.9 Å². The van der Waals surface area contributed by atoms with Crippen LogP contribution in [0.1, 0.15) is 5.69 Å². The maximum Gasteiger partial charge on any atom is 0.184 e. The number of sulfone groups is 1. The molecule has 32 heavy (non-hydrogen) atoms. The fourth-order valence-corrected chi connectivity index (χ4v) is 4.45. The Morgan fingerprint density at radius 2 is 1.72 bits per heavy atom. The van der Waals surface area contributed by atoms with Crippen LogP contribution in [0.4, 0.5) is 17.2 Å². The second-order valence-electron chi connectivity index (χ2n) is 6.92. The smallest absolute Gasteiger partial charge is 0.184 e. The van der Waals surface area contributed by atoms with Crippen molar-refractivity contribution in [3.8, 4) is 11.5 Å². The van der Waals surface area contributed by atoms with E-state index < -0.39 is 9.84 Å². The van der Waals surface area contributed by atoms with E-state index in [1.165, 1.54) is 12.1 Å². The number of ether oxygens (including phenoxy) is 2. The molecular weight excluding hydrogens is 430 g/mol. The molecule has 3 N–H and O–H groups in total. The Morgan fingerprint density at radius 1 is 0.969 bits per heavy atom. The number of nitrogens with zero attached hydrogens (tertiary/aromatic N) is 3. The first-order valence-electron chi connectivity index (χ1n) is 9.58. The van der Waals surface area contributed by atoms with E-state index in [1.807, 2.05) is 0 Å². The van der Waals surface area contributed by atoms with Crippen LogP contribution in [-0.4, -0.2) is 37.6 Å². The minimum Gasteiger partial charge on any atom is -0.497 e. The number of hydrogen-bond donors (Lipinski definition) is 2. The molecule has 0 aliphatic carbocycles. The summed E-state index contributed by atoms with van der Waals surface area (Å²) in [5.41, 5.74) is 7.84. The summed E-state index contributed by atoms with van der Waals surface area (Å²) in [4.78, 5) is 13.4. The van der Waals surface area contributed by atoms with E-state index in [2.05, 4.69) is 20.3 Å². The van der Waals surface area contributed by atoms with Crippen LogP contribution in [0.15, 0.2) is 65.7 Å². The predicted octanol–water partition coefficient (Wildman–Crippen LogP) is 3.34. The number of anilines is 3. The highest BCUT2D eigenvalue weighted by Crippen LogP contribution is 2.30. The molecule has 0 bridgehead atoms.